The van der Waals surface area contributed by atoms with Gasteiger partial charge in [0.25, 0.3) is 0 Å². The third kappa shape index (κ3) is 2.80. The summed E-state index contributed by atoms with van der Waals surface area (Å²) in [5, 5.41) is 9.31. The molecule has 2 aromatic carbocycles. The summed E-state index contributed by atoms with van der Waals surface area (Å²) < 4.78 is 16.4. The van der Waals surface area contributed by atoms with Gasteiger partial charge in [0.2, 0.25) is 5.75 Å². The zero-order valence-corrected chi connectivity index (χ0v) is 10.9. The third-order valence-corrected chi connectivity index (χ3v) is 2.74. The van der Waals surface area contributed by atoms with E-state index in [4.69, 9.17) is 14.2 Å². The molecule has 4 nitrogen and oxygen atoms in total. The second kappa shape index (κ2) is 6.11. The quantitative estimate of drug-likeness (QED) is 0.897. The summed E-state index contributed by atoms with van der Waals surface area (Å²) in [6.45, 7) is -0.0896. The zero-order chi connectivity index (χ0) is 13.7. The van der Waals surface area contributed by atoms with Crippen molar-refractivity contribution in [2.45, 2.75) is 6.61 Å². The molecule has 19 heavy (non-hydrogen) atoms. The number of hydrogen-bond acceptors (Lipinski definition) is 4. The van der Waals surface area contributed by atoms with Crippen molar-refractivity contribution in [2.75, 3.05) is 14.2 Å². The van der Waals surface area contributed by atoms with Gasteiger partial charge in [0.05, 0.1) is 20.8 Å². The van der Waals surface area contributed by atoms with E-state index in [0.717, 1.165) is 0 Å². The summed E-state index contributed by atoms with van der Waals surface area (Å²) in [7, 11) is 3.14. The van der Waals surface area contributed by atoms with E-state index in [2.05, 4.69) is 0 Å². The first-order valence-electron chi connectivity index (χ1n) is 5.87. The highest BCUT2D eigenvalue weighted by Crippen LogP contribution is 2.40. The summed E-state index contributed by atoms with van der Waals surface area (Å²) >= 11 is 0. The smallest absolute Gasteiger partial charge is 0.211 e. The number of benzene rings is 2. The van der Waals surface area contributed by atoms with Crippen LogP contribution in [0, 0.1) is 0 Å². The number of rotatable bonds is 5. The molecule has 1 N–H and O–H groups in total. The van der Waals surface area contributed by atoms with Crippen LogP contribution < -0.4 is 14.2 Å². The Balaban J connectivity index is 2.42. The predicted molar refractivity (Wildman–Crippen MR) is 72.0 cm³/mol. The second-order valence-corrected chi connectivity index (χ2v) is 3.86. The average Bonchev–Trinajstić information content (AvgIpc) is 2.48. The van der Waals surface area contributed by atoms with Crippen LogP contribution in [0.1, 0.15) is 5.56 Å². The van der Waals surface area contributed by atoms with Gasteiger partial charge in [0.1, 0.15) is 5.75 Å². The Kier molecular flexibility index (Phi) is 4.26. The van der Waals surface area contributed by atoms with Crippen LogP contribution in [-0.2, 0) is 6.61 Å². The van der Waals surface area contributed by atoms with Gasteiger partial charge in [-0.05, 0) is 18.2 Å². The minimum atomic E-state index is -0.0896. The lowest BCUT2D eigenvalue weighted by Crippen LogP contribution is -1.96. The highest BCUT2D eigenvalue weighted by atomic mass is 16.5. The zero-order valence-electron chi connectivity index (χ0n) is 10.9. The maximum atomic E-state index is 9.31. The molecule has 2 aromatic rings. The van der Waals surface area contributed by atoms with E-state index in [1.807, 2.05) is 18.2 Å². The van der Waals surface area contributed by atoms with Gasteiger partial charge >= 0.3 is 0 Å². The van der Waals surface area contributed by atoms with E-state index in [-0.39, 0.29) is 6.61 Å². The van der Waals surface area contributed by atoms with Gasteiger partial charge in [-0.15, -0.1) is 0 Å². The normalized spacial score (nSPS) is 10.1. The summed E-state index contributed by atoms with van der Waals surface area (Å²) in [6, 6.07) is 12.7. The van der Waals surface area contributed by atoms with Crippen molar-refractivity contribution in [2.24, 2.45) is 0 Å². The van der Waals surface area contributed by atoms with Crippen LogP contribution in [0.5, 0.6) is 23.0 Å². The molecule has 0 saturated heterocycles. The molecule has 0 aliphatic rings. The fraction of sp³-hybridized carbons (Fsp3) is 0.200. The molecule has 0 unspecified atom stereocenters. The predicted octanol–water partition coefficient (Wildman–Crippen LogP) is 2.99. The largest absolute Gasteiger partial charge is 0.493 e. The molecule has 0 aromatic heterocycles. The summed E-state index contributed by atoms with van der Waals surface area (Å²) in [4.78, 5) is 0. The summed E-state index contributed by atoms with van der Waals surface area (Å²) in [5.74, 6) is 2.22. The van der Waals surface area contributed by atoms with Crippen LogP contribution in [-0.4, -0.2) is 19.3 Å². The molecule has 4 heteroatoms. The first kappa shape index (κ1) is 13.2. The Hall–Kier alpha value is -2.20. The van der Waals surface area contributed by atoms with Crippen LogP contribution in [0.4, 0.5) is 0 Å². The third-order valence-electron chi connectivity index (χ3n) is 2.74. The highest BCUT2D eigenvalue weighted by molar-refractivity contribution is 5.53. The standard InChI is InChI=1S/C15H16O4/c1-17-13-8-5-9-14(18-2)15(13)19-12-7-4-3-6-11(12)10-16/h3-9,16H,10H2,1-2H3. The second-order valence-electron chi connectivity index (χ2n) is 3.86. The van der Waals surface area contributed by atoms with E-state index >= 15 is 0 Å². The highest BCUT2D eigenvalue weighted by Gasteiger charge is 2.13. The monoisotopic (exact) mass is 260 g/mol. The van der Waals surface area contributed by atoms with Crippen LogP contribution in [0.15, 0.2) is 42.5 Å². The number of aliphatic hydroxyl groups excluding tert-OH is 1. The summed E-state index contributed by atoms with van der Waals surface area (Å²) in [5.41, 5.74) is 0.704. The molecule has 0 heterocycles. The molecule has 2 rings (SSSR count). The van der Waals surface area contributed by atoms with Gasteiger partial charge in [0.15, 0.2) is 11.5 Å². The molecule has 0 saturated carbocycles. The maximum Gasteiger partial charge on any atom is 0.211 e. The topological polar surface area (TPSA) is 47.9 Å². The lowest BCUT2D eigenvalue weighted by molar-refractivity contribution is 0.274. The molecular formula is C15H16O4. The van der Waals surface area contributed by atoms with Crippen LogP contribution in [0.3, 0.4) is 0 Å². The van der Waals surface area contributed by atoms with Crippen molar-refractivity contribution in [3.8, 4) is 23.0 Å². The number of methoxy groups -OCH3 is 2. The first-order chi connectivity index (χ1) is 9.30. The number of aliphatic hydroxyl groups is 1. The molecule has 0 fully saturated rings. The molecule has 0 radical (unpaired) electrons. The Bertz CT molecular complexity index is 529. The van der Waals surface area contributed by atoms with Gasteiger partial charge in [-0.2, -0.15) is 0 Å². The molecule has 0 aliphatic carbocycles. The van der Waals surface area contributed by atoms with E-state index in [1.165, 1.54) is 0 Å². The molecule has 0 atom stereocenters. The summed E-state index contributed by atoms with van der Waals surface area (Å²) in [6.07, 6.45) is 0. The first-order valence-corrected chi connectivity index (χ1v) is 5.87. The van der Waals surface area contributed by atoms with Crippen molar-refractivity contribution in [1.82, 2.24) is 0 Å². The Morgan fingerprint density at radius 1 is 0.842 bits per heavy atom. The number of hydrogen-bond donors (Lipinski definition) is 1. The van der Waals surface area contributed by atoms with Crippen molar-refractivity contribution >= 4 is 0 Å². The fourth-order valence-corrected chi connectivity index (χ4v) is 1.76. The minimum absolute atomic E-state index is 0.0896. The van der Waals surface area contributed by atoms with E-state index in [9.17, 15) is 5.11 Å². The minimum Gasteiger partial charge on any atom is -0.493 e. The van der Waals surface area contributed by atoms with E-state index < -0.39 is 0 Å². The van der Waals surface area contributed by atoms with Crippen LogP contribution >= 0.6 is 0 Å². The van der Waals surface area contributed by atoms with Gasteiger partial charge < -0.3 is 19.3 Å². The Morgan fingerprint density at radius 2 is 1.42 bits per heavy atom. The average molecular weight is 260 g/mol. The maximum absolute atomic E-state index is 9.31. The van der Waals surface area contributed by atoms with Crippen LogP contribution in [0.2, 0.25) is 0 Å². The number of para-hydroxylation sites is 2. The van der Waals surface area contributed by atoms with Gasteiger partial charge in [-0.1, -0.05) is 24.3 Å². The van der Waals surface area contributed by atoms with Gasteiger partial charge in [-0.25, -0.2) is 0 Å². The Labute approximate surface area is 112 Å². The molecular weight excluding hydrogens is 244 g/mol. The van der Waals surface area contributed by atoms with Crippen molar-refractivity contribution in [3.63, 3.8) is 0 Å². The molecule has 0 amide bonds. The lowest BCUT2D eigenvalue weighted by Gasteiger charge is -2.15. The molecule has 100 valence electrons. The Morgan fingerprint density at radius 3 is 2.00 bits per heavy atom. The van der Waals surface area contributed by atoms with E-state index in [0.29, 0.717) is 28.6 Å². The molecule has 0 aliphatic heterocycles. The van der Waals surface area contributed by atoms with Gasteiger partial charge in [0, 0.05) is 5.56 Å². The molecule has 0 spiro atoms. The van der Waals surface area contributed by atoms with Crippen molar-refractivity contribution < 1.29 is 19.3 Å². The van der Waals surface area contributed by atoms with Crippen molar-refractivity contribution in [3.05, 3.63) is 48.0 Å². The lowest BCUT2D eigenvalue weighted by atomic mass is 10.2. The van der Waals surface area contributed by atoms with Crippen molar-refractivity contribution in [1.29, 1.82) is 0 Å². The number of ether oxygens (including phenoxy) is 3. The van der Waals surface area contributed by atoms with Gasteiger partial charge in [-0.3, -0.25) is 0 Å². The SMILES string of the molecule is COc1cccc(OC)c1Oc1ccccc1CO. The van der Waals surface area contributed by atoms with E-state index in [1.54, 1.807) is 38.5 Å². The van der Waals surface area contributed by atoms with Crippen LogP contribution in [0.25, 0.3) is 0 Å². The molecule has 0 bridgehead atoms. The fourth-order valence-electron chi connectivity index (χ4n) is 1.76.